The summed E-state index contributed by atoms with van der Waals surface area (Å²) in [5.74, 6) is -0.0890. The predicted octanol–water partition coefficient (Wildman–Crippen LogP) is 3.41. The molecule has 5 nitrogen and oxygen atoms in total. The van der Waals surface area contributed by atoms with Gasteiger partial charge in [-0.05, 0) is 38.5 Å². The summed E-state index contributed by atoms with van der Waals surface area (Å²) >= 11 is 1.42. The van der Waals surface area contributed by atoms with Crippen LogP contribution in [0.4, 0.5) is 10.8 Å². The zero-order valence-electron chi connectivity index (χ0n) is 12.6. The third kappa shape index (κ3) is 4.41. The molecular formula is C15H21N3O2S. The molecule has 0 atom stereocenters. The predicted molar refractivity (Wildman–Crippen MR) is 87.6 cm³/mol. The van der Waals surface area contributed by atoms with Gasteiger partial charge in [-0.2, -0.15) is 0 Å². The minimum absolute atomic E-state index is 0.0890. The van der Waals surface area contributed by atoms with Crippen molar-refractivity contribution in [2.45, 2.75) is 39.2 Å². The monoisotopic (exact) mass is 307 g/mol. The Bertz CT molecular complexity index is 637. The summed E-state index contributed by atoms with van der Waals surface area (Å²) in [7, 11) is 0. The fourth-order valence-electron chi connectivity index (χ4n) is 1.70. The molecule has 2 aromatic rings. The van der Waals surface area contributed by atoms with E-state index in [9.17, 15) is 4.79 Å². The fraction of sp³-hybridized carbons (Fsp3) is 0.467. The van der Waals surface area contributed by atoms with Crippen LogP contribution in [0.1, 0.15) is 33.6 Å². The van der Waals surface area contributed by atoms with Gasteiger partial charge in [0.05, 0.1) is 28.8 Å². The number of ether oxygens (including phenoxy) is 1. The van der Waals surface area contributed by atoms with E-state index < -0.39 is 0 Å². The molecule has 0 aliphatic carbocycles. The minimum atomic E-state index is -0.187. The third-order valence-electron chi connectivity index (χ3n) is 3.33. The van der Waals surface area contributed by atoms with Gasteiger partial charge in [-0.25, -0.2) is 4.98 Å². The van der Waals surface area contributed by atoms with Crippen LogP contribution in [0.15, 0.2) is 18.2 Å². The maximum absolute atomic E-state index is 11.9. The molecule has 1 amide bonds. The molecule has 0 radical (unpaired) electrons. The molecule has 0 unspecified atom stereocenters. The molecule has 0 aliphatic rings. The SMILES string of the molecule is CCC(C)(C)OCCC(=O)Nc1nc2ccc(N)cc2s1. The van der Waals surface area contributed by atoms with E-state index in [0.717, 1.165) is 16.6 Å². The highest BCUT2D eigenvalue weighted by Gasteiger charge is 2.16. The Labute approximate surface area is 128 Å². The van der Waals surface area contributed by atoms with Gasteiger partial charge in [-0.15, -0.1) is 0 Å². The second-order valence-electron chi connectivity index (χ2n) is 5.51. The number of hydrogen-bond acceptors (Lipinski definition) is 5. The average Bonchev–Trinajstić information content (AvgIpc) is 2.79. The van der Waals surface area contributed by atoms with Crippen LogP contribution in [-0.4, -0.2) is 23.1 Å². The third-order valence-corrected chi connectivity index (χ3v) is 4.27. The Morgan fingerprint density at radius 3 is 2.95 bits per heavy atom. The van der Waals surface area contributed by atoms with Gasteiger partial charge in [0, 0.05) is 5.69 Å². The van der Waals surface area contributed by atoms with Gasteiger partial charge < -0.3 is 15.8 Å². The van der Waals surface area contributed by atoms with Gasteiger partial charge in [0.15, 0.2) is 5.13 Å². The zero-order valence-corrected chi connectivity index (χ0v) is 13.4. The van der Waals surface area contributed by atoms with Crippen molar-refractivity contribution < 1.29 is 9.53 Å². The number of rotatable bonds is 6. The second-order valence-corrected chi connectivity index (χ2v) is 6.54. The number of amides is 1. The van der Waals surface area contributed by atoms with Crippen LogP contribution in [0.5, 0.6) is 0 Å². The van der Waals surface area contributed by atoms with Crippen LogP contribution in [0, 0.1) is 0 Å². The first-order chi connectivity index (χ1) is 9.89. The maximum atomic E-state index is 11.9. The quantitative estimate of drug-likeness (QED) is 0.802. The molecule has 3 N–H and O–H groups in total. The molecule has 0 saturated carbocycles. The van der Waals surface area contributed by atoms with Crippen molar-refractivity contribution in [1.29, 1.82) is 0 Å². The van der Waals surface area contributed by atoms with Crippen LogP contribution in [-0.2, 0) is 9.53 Å². The molecule has 0 fully saturated rings. The van der Waals surface area contributed by atoms with Gasteiger partial charge in [-0.3, -0.25) is 4.79 Å². The molecule has 0 spiro atoms. The van der Waals surface area contributed by atoms with E-state index in [-0.39, 0.29) is 11.5 Å². The molecule has 0 aliphatic heterocycles. The van der Waals surface area contributed by atoms with E-state index in [4.69, 9.17) is 10.5 Å². The molecule has 0 saturated heterocycles. The van der Waals surface area contributed by atoms with Crippen LogP contribution in [0.25, 0.3) is 10.2 Å². The van der Waals surface area contributed by atoms with Crippen molar-refractivity contribution in [3.8, 4) is 0 Å². The lowest BCUT2D eigenvalue weighted by Crippen LogP contribution is -2.25. The maximum Gasteiger partial charge on any atom is 0.228 e. The summed E-state index contributed by atoms with van der Waals surface area (Å²) < 4.78 is 6.63. The highest BCUT2D eigenvalue weighted by Crippen LogP contribution is 2.27. The van der Waals surface area contributed by atoms with E-state index in [2.05, 4.69) is 17.2 Å². The molecule has 1 heterocycles. The van der Waals surface area contributed by atoms with Gasteiger partial charge >= 0.3 is 0 Å². The molecule has 1 aromatic heterocycles. The number of fused-ring (bicyclic) bond motifs is 1. The lowest BCUT2D eigenvalue weighted by Gasteiger charge is -2.23. The Hall–Kier alpha value is -1.66. The summed E-state index contributed by atoms with van der Waals surface area (Å²) in [5, 5.41) is 3.40. The largest absolute Gasteiger partial charge is 0.399 e. The number of carbonyl (C=O) groups is 1. The topological polar surface area (TPSA) is 77.2 Å². The summed E-state index contributed by atoms with van der Waals surface area (Å²) in [5.41, 5.74) is 7.08. The van der Waals surface area contributed by atoms with Crippen molar-refractivity contribution in [2.24, 2.45) is 0 Å². The smallest absolute Gasteiger partial charge is 0.228 e. The molecule has 1 aromatic carbocycles. The summed E-state index contributed by atoms with van der Waals surface area (Å²) in [6.07, 6.45) is 1.23. The summed E-state index contributed by atoms with van der Waals surface area (Å²) in [4.78, 5) is 16.2. The number of aromatic nitrogens is 1. The van der Waals surface area contributed by atoms with E-state index in [1.165, 1.54) is 11.3 Å². The number of nitrogens with one attached hydrogen (secondary N) is 1. The second kappa shape index (κ2) is 6.41. The van der Waals surface area contributed by atoms with Crippen molar-refractivity contribution in [2.75, 3.05) is 17.7 Å². The summed E-state index contributed by atoms with van der Waals surface area (Å²) in [6.45, 7) is 6.50. The van der Waals surface area contributed by atoms with Crippen LogP contribution < -0.4 is 11.1 Å². The number of nitrogens with two attached hydrogens (primary N) is 1. The van der Waals surface area contributed by atoms with Crippen molar-refractivity contribution in [3.05, 3.63) is 18.2 Å². The Morgan fingerprint density at radius 2 is 2.24 bits per heavy atom. The minimum Gasteiger partial charge on any atom is -0.399 e. The van der Waals surface area contributed by atoms with E-state index >= 15 is 0 Å². The Kier molecular flexibility index (Phi) is 4.80. The number of hydrogen-bond donors (Lipinski definition) is 2. The van der Waals surface area contributed by atoms with E-state index in [0.29, 0.717) is 23.8 Å². The Balaban J connectivity index is 1.89. The number of nitrogen functional groups attached to an aromatic ring is 1. The standard InChI is InChI=1S/C15H21N3O2S/c1-4-15(2,3)20-8-7-13(19)18-14-17-11-6-5-10(16)9-12(11)21-14/h5-6,9H,4,7-8,16H2,1-3H3,(H,17,18,19). The first-order valence-corrected chi connectivity index (χ1v) is 7.81. The summed E-state index contributed by atoms with van der Waals surface area (Å²) in [6, 6.07) is 5.51. The van der Waals surface area contributed by atoms with Crippen molar-refractivity contribution in [3.63, 3.8) is 0 Å². The molecule has 0 bridgehead atoms. The first kappa shape index (κ1) is 15.7. The molecule has 6 heteroatoms. The molecular weight excluding hydrogens is 286 g/mol. The molecule has 2 rings (SSSR count). The lowest BCUT2D eigenvalue weighted by molar-refractivity contribution is -0.118. The zero-order chi connectivity index (χ0) is 15.5. The van der Waals surface area contributed by atoms with Gasteiger partial charge in [-0.1, -0.05) is 18.3 Å². The normalized spacial score (nSPS) is 11.8. The number of benzene rings is 1. The first-order valence-electron chi connectivity index (χ1n) is 6.99. The highest BCUT2D eigenvalue weighted by atomic mass is 32.1. The van der Waals surface area contributed by atoms with Gasteiger partial charge in [0.25, 0.3) is 0 Å². The van der Waals surface area contributed by atoms with E-state index in [1.807, 2.05) is 26.0 Å². The van der Waals surface area contributed by atoms with E-state index in [1.54, 1.807) is 6.07 Å². The van der Waals surface area contributed by atoms with Gasteiger partial charge in [0.1, 0.15) is 0 Å². The Morgan fingerprint density at radius 1 is 1.48 bits per heavy atom. The lowest BCUT2D eigenvalue weighted by atomic mass is 10.1. The molecule has 114 valence electrons. The number of anilines is 2. The van der Waals surface area contributed by atoms with Gasteiger partial charge in [0.2, 0.25) is 5.91 Å². The highest BCUT2D eigenvalue weighted by molar-refractivity contribution is 7.22. The van der Waals surface area contributed by atoms with Crippen LogP contribution >= 0.6 is 11.3 Å². The van der Waals surface area contributed by atoms with Crippen molar-refractivity contribution in [1.82, 2.24) is 4.98 Å². The fourth-order valence-corrected chi connectivity index (χ4v) is 2.63. The van der Waals surface area contributed by atoms with Crippen molar-refractivity contribution >= 4 is 38.3 Å². The number of carbonyl (C=O) groups excluding carboxylic acids is 1. The molecule has 21 heavy (non-hydrogen) atoms. The van der Waals surface area contributed by atoms with Crippen LogP contribution in [0.3, 0.4) is 0 Å². The average molecular weight is 307 g/mol. The van der Waals surface area contributed by atoms with Crippen LogP contribution in [0.2, 0.25) is 0 Å². The number of nitrogens with zero attached hydrogens (tertiary/aromatic N) is 1. The number of thiazole rings is 1.